The van der Waals surface area contributed by atoms with Crippen molar-refractivity contribution in [1.82, 2.24) is 9.80 Å². The molecule has 0 saturated carbocycles. The van der Waals surface area contributed by atoms with Crippen LogP contribution in [0.4, 0.5) is 0 Å². The molecule has 1 N–H and O–H groups in total. The Morgan fingerprint density at radius 2 is 2.27 bits per heavy atom. The number of carbonyl (C=O) groups excluding carboxylic acids is 1. The topological polar surface area (TPSA) is 43.8 Å². The molecule has 0 spiro atoms. The zero-order valence-electron chi connectivity index (χ0n) is 9.52. The number of hydrogen-bond donors (Lipinski definition) is 1. The fraction of sp³-hybridized carbons (Fsp3) is 0.727. The first-order valence-electron chi connectivity index (χ1n) is 5.38. The van der Waals surface area contributed by atoms with Gasteiger partial charge in [-0.3, -0.25) is 9.69 Å². The second-order valence-electron chi connectivity index (χ2n) is 4.16. The van der Waals surface area contributed by atoms with E-state index in [2.05, 4.69) is 25.3 Å². The predicted molar refractivity (Wildman–Crippen MR) is 59.5 cm³/mol. The second-order valence-corrected chi connectivity index (χ2v) is 4.16. The lowest BCUT2D eigenvalue weighted by Crippen LogP contribution is -2.57. The third kappa shape index (κ3) is 2.79. The fourth-order valence-electron chi connectivity index (χ4n) is 2.04. The molecule has 15 heavy (non-hydrogen) atoms. The zero-order chi connectivity index (χ0) is 11.4. The first kappa shape index (κ1) is 12.2. The number of aliphatic hydroxyl groups excluding tert-OH is 1. The number of piperazine rings is 1. The third-order valence-electron chi connectivity index (χ3n) is 2.89. The van der Waals surface area contributed by atoms with Gasteiger partial charge in [0.15, 0.2) is 0 Å². The molecule has 1 amide bonds. The number of hydrogen-bond acceptors (Lipinski definition) is 3. The largest absolute Gasteiger partial charge is 0.395 e. The molecule has 0 aromatic carbocycles. The van der Waals surface area contributed by atoms with Crippen molar-refractivity contribution in [1.29, 1.82) is 0 Å². The molecule has 1 heterocycles. The second kappa shape index (κ2) is 5.28. The van der Waals surface area contributed by atoms with E-state index in [0.717, 1.165) is 13.1 Å². The first-order valence-corrected chi connectivity index (χ1v) is 5.38. The van der Waals surface area contributed by atoms with Gasteiger partial charge in [0.25, 0.3) is 0 Å². The molecule has 1 fully saturated rings. The van der Waals surface area contributed by atoms with Crippen LogP contribution in [-0.4, -0.2) is 59.1 Å². The van der Waals surface area contributed by atoms with Gasteiger partial charge in [-0.05, 0) is 19.9 Å². The molecule has 0 aliphatic carbocycles. The maximum Gasteiger partial charge on any atom is 0.246 e. The molecular weight excluding hydrogens is 192 g/mol. The molecule has 1 aliphatic rings. The summed E-state index contributed by atoms with van der Waals surface area (Å²) in [6.45, 7) is 9.92. The van der Waals surface area contributed by atoms with Gasteiger partial charge < -0.3 is 10.0 Å². The van der Waals surface area contributed by atoms with Crippen LogP contribution < -0.4 is 0 Å². The molecule has 86 valence electrons. The van der Waals surface area contributed by atoms with Crippen LogP contribution >= 0.6 is 0 Å². The van der Waals surface area contributed by atoms with Gasteiger partial charge in [0.05, 0.1) is 12.6 Å². The summed E-state index contributed by atoms with van der Waals surface area (Å²) >= 11 is 0. The molecule has 1 saturated heterocycles. The Hall–Kier alpha value is -0.870. The van der Waals surface area contributed by atoms with Crippen LogP contribution in [0.3, 0.4) is 0 Å². The number of amides is 1. The third-order valence-corrected chi connectivity index (χ3v) is 2.89. The van der Waals surface area contributed by atoms with E-state index in [1.54, 1.807) is 4.90 Å². The molecule has 1 atom stereocenters. The van der Waals surface area contributed by atoms with E-state index in [4.69, 9.17) is 0 Å². The highest BCUT2D eigenvalue weighted by atomic mass is 16.3. The smallest absolute Gasteiger partial charge is 0.246 e. The van der Waals surface area contributed by atoms with Gasteiger partial charge in [-0.2, -0.15) is 0 Å². The van der Waals surface area contributed by atoms with Crippen LogP contribution in [0.2, 0.25) is 0 Å². The summed E-state index contributed by atoms with van der Waals surface area (Å²) in [5.41, 5.74) is 0. The van der Waals surface area contributed by atoms with Crippen LogP contribution in [0, 0.1) is 0 Å². The van der Waals surface area contributed by atoms with Crippen molar-refractivity contribution >= 4 is 5.91 Å². The summed E-state index contributed by atoms with van der Waals surface area (Å²) in [6.07, 6.45) is 1.33. The summed E-state index contributed by atoms with van der Waals surface area (Å²) in [5.74, 6) is -0.0446. The fourth-order valence-corrected chi connectivity index (χ4v) is 2.04. The molecule has 1 rings (SSSR count). The molecule has 0 unspecified atom stereocenters. The molecule has 4 nitrogen and oxygen atoms in total. The van der Waals surface area contributed by atoms with Gasteiger partial charge in [0, 0.05) is 25.7 Å². The van der Waals surface area contributed by atoms with Gasteiger partial charge in [-0.15, -0.1) is 0 Å². The van der Waals surface area contributed by atoms with E-state index in [0.29, 0.717) is 12.6 Å². The number of nitrogens with zero attached hydrogens (tertiary/aromatic N) is 2. The summed E-state index contributed by atoms with van der Waals surface area (Å²) in [7, 11) is 0. The highest BCUT2D eigenvalue weighted by Crippen LogP contribution is 2.13. The van der Waals surface area contributed by atoms with E-state index in [1.165, 1.54) is 6.08 Å². The van der Waals surface area contributed by atoms with Gasteiger partial charge in [0.1, 0.15) is 0 Å². The Balaban J connectivity index is 2.62. The lowest BCUT2D eigenvalue weighted by Gasteiger charge is -2.42. The van der Waals surface area contributed by atoms with E-state index < -0.39 is 0 Å². The van der Waals surface area contributed by atoms with Crippen LogP contribution in [0.5, 0.6) is 0 Å². The van der Waals surface area contributed by atoms with Crippen molar-refractivity contribution < 1.29 is 9.90 Å². The van der Waals surface area contributed by atoms with E-state index >= 15 is 0 Å². The highest BCUT2D eigenvalue weighted by Gasteiger charge is 2.29. The first-order chi connectivity index (χ1) is 7.10. The van der Waals surface area contributed by atoms with Gasteiger partial charge in [-0.1, -0.05) is 6.58 Å². The molecule has 4 heteroatoms. The minimum absolute atomic E-state index is 0.0446. The van der Waals surface area contributed by atoms with E-state index in [9.17, 15) is 9.90 Å². The normalized spacial score (nSPS) is 23.2. The van der Waals surface area contributed by atoms with Crippen LogP contribution in [0.25, 0.3) is 0 Å². The van der Waals surface area contributed by atoms with Gasteiger partial charge in [0.2, 0.25) is 5.91 Å². The maximum atomic E-state index is 11.4. The van der Waals surface area contributed by atoms with Gasteiger partial charge in [-0.25, -0.2) is 0 Å². The SMILES string of the molecule is C=CC(=O)N1CCN(C(C)C)[C@@H](CO)C1. The van der Waals surface area contributed by atoms with Crippen LogP contribution in [0.1, 0.15) is 13.8 Å². The average Bonchev–Trinajstić information content (AvgIpc) is 2.26. The van der Waals surface area contributed by atoms with Crippen molar-refractivity contribution in [2.75, 3.05) is 26.2 Å². The summed E-state index contributed by atoms with van der Waals surface area (Å²) < 4.78 is 0. The molecule has 0 bridgehead atoms. The maximum absolute atomic E-state index is 11.4. The monoisotopic (exact) mass is 212 g/mol. The van der Waals surface area contributed by atoms with Crippen molar-refractivity contribution in [2.45, 2.75) is 25.9 Å². The minimum Gasteiger partial charge on any atom is -0.395 e. The predicted octanol–water partition coefficient (Wildman–Crippen LogP) is 0.0859. The quantitative estimate of drug-likeness (QED) is 0.674. The lowest BCUT2D eigenvalue weighted by atomic mass is 10.1. The Bertz CT molecular complexity index is 241. The Kier molecular flexibility index (Phi) is 4.29. The zero-order valence-corrected chi connectivity index (χ0v) is 9.52. The average molecular weight is 212 g/mol. The molecule has 1 aliphatic heterocycles. The molecule has 0 aromatic rings. The molecule has 0 radical (unpaired) electrons. The van der Waals surface area contributed by atoms with Crippen LogP contribution in [-0.2, 0) is 4.79 Å². The molecular formula is C11H20N2O2. The Morgan fingerprint density at radius 1 is 1.60 bits per heavy atom. The highest BCUT2D eigenvalue weighted by molar-refractivity contribution is 5.87. The van der Waals surface area contributed by atoms with E-state index in [-0.39, 0.29) is 18.6 Å². The Labute approximate surface area is 91.2 Å². The van der Waals surface area contributed by atoms with Crippen molar-refractivity contribution in [3.8, 4) is 0 Å². The lowest BCUT2D eigenvalue weighted by molar-refractivity contribution is -0.129. The van der Waals surface area contributed by atoms with Crippen molar-refractivity contribution in [3.63, 3.8) is 0 Å². The summed E-state index contributed by atoms with van der Waals surface area (Å²) in [6, 6.07) is 0.464. The molecule has 0 aromatic heterocycles. The van der Waals surface area contributed by atoms with Crippen molar-refractivity contribution in [3.05, 3.63) is 12.7 Å². The van der Waals surface area contributed by atoms with E-state index in [1.807, 2.05) is 0 Å². The summed E-state index contributed by atoms with van der Waals surface area (Å²) in [5, 5.41) is 9.28. The number of rotatable bonds is 3. The van der Waals surface area contributed by atoms with Crippen molar-refractivity contribution in [2.24, 2.45) is 0 Å². The number of carbonyl (C=O) groups is 1. The van der Waals surface area contributed by atoms with Gasteiger partial charge >= 0.3 is 0 Å². The Morgan fingerprint density at radius 3 is 2.73 bits per heavy atom. The van der Waals surface area contributed by atoms with Crippen LogP contribution in [0.15, 0.2) is 12.7 Å². The minimum atomic E-state index is -0.0446. The summed E-state index contributed by atoms with van der Waals surface area (Å²) in [4.78, 5) is 15.4. The number of aliphatic hydroxyl groups is 1. The standard InChI is InChI=1S/C11H20N2O2/c1-4-11(15)12-5-6-13(9(2)3)10(7-12)8-14/h4,9-10,14H,1,5-8H2,2-3H3/t10-/m1/s1.